The quantitative estimate of drug-likeness (QED) is 0.417. The van der Waals surface area contributed by atoms with Crippen LogP contribution in [0.3, 0.4) is 0 Å². The molecule has 1 aromatic heterocycles. The zero-order chi connectivity index (χ0) is 23.7. The van der Waals surface area contributed by atoms with Crippen molar-refractivity contribution in [2.75, 3.05) is 20.8 Å². The fourth-order valence-electron chi connectivity index (χ4n) is 4.58. The Morgan fingerprint density at radius 3 is 2.29 bits per heavy atom. The minimum absolute atomic E-state index is 0.274. The molecular formula is C27H26N2O5. The highest BCUT2D eigenvalue weighted by Gasteiger charge is 2.55. The molecule has 0 bridgehead atoms. The number of rotatable bonds is 7. The van der Waals surface area contributed by atoms with Crippen LogP contribution in [-0.2, 0) is 16.9 Å². The van der Waals surface area contributed by atoms with Crippen LogP contribution >= 0.6 is 0 Å². The molecule has 0 unspecified atom stereocenters. The van der Waals surface area contributed by atoms with Gasteiger partial charge in [-0.1, -0.05) is 42.5 Å². The summed E-state index contributed by atoms with van der Waals surface area (Å²) in [6, 6.07) is 22.2. The van der Waals surface area contributed by atoms with Crippen molar-refractivity contribution in [3.63, 3.8) is 0 Å². The molecule has 0 saturated carbocycles. The Balaban J connectivity index is 1.52. The van der Waals surface area contributed by atoms with Crippen LogP contribution in [0, 0.1) is 0 Å². The first kappa shape index (κ1) is 21.9. The third-order valence-electron chi connectivity index (χ3n) is 6.43. The van der Waals surface area contributed by atoms with Crippen LogP contribution in [0.5, 0.6) is 11.5 Å². The minimum atomic E-state index is -1.70. The first-order valence-corrected chi connectivity index (χ1v) is 11.1. The van der Waals surface area contributed by atoms with Gasteiger partial charge in [0.1, 0.15) is 11.5 Å². The maximum Gasteiger partial charge on any atom is 0.413 e. The van der Waals surface area contributed by atoms with Gasteiger partial charge in [-0.3, -0.25) is 4.90 Å². The first-order valence-electron chi connectivity index (χ1n) is 11.1. The number of aliphatic hydroxyl groups is 1. The van der Waals surface area contributed by atoms with Gasteiger partial charge in [-0.15, -0.1) is 0 Å². The van der Waals surface area contributed by atoms with E-state index in [2.05, 4.69) is 4.98 Å². The molecule has 7 heteroatoms. The molecule has 7 nitrogen and oxygen atoms in total. The van der Waals surface area contributed by atoms with Gasteiger partial charge >= 0.3 is 6.09 Å². The van der Waals surface area contributed by atoms with E-state index in [-0.39, 0.29) is 6.54 Å². The largest absolute Gasteiger partial charge is 0.497 e. The monoisotopic (exact) mass is 458 g/mol. The Hall–Kier alpha value is -3.97. The zero-order valence-electron chi connectivity index (χ0n) is 19.0. The second-order valence-electron chi connectivity index (χ2n) is 8.25. The first-order chi connectivity index (χ1) is 16.5. The Morgan fingerprint density at radius 1 is 0.971 bits per heavy atom. The van der Waals surface area contributed by atoms with E-state index < -0.39 is 17.9 Å². The van der Waals surface area contributed by atoms with E-state index >= 15 is 0 Å². The molecule has 1 aliphatic heterocycles. The number of hydrogen-bond donors (Lipinski definition) is 2. The number of aromatic amines is 1. The predicted octanol–water partition coefficient (Wildman–Crippen LogP) is 4.77. The van der Waals surface area contributed by atoms with Crippen LogP contribution < -0.4 is 9.47 Å². The summed E-state index contributed by atoms with van der Waals surface area (Å²) in [6.07, 6.45) is 1.01. The Bertz CT molecular complexity index is 1300. The van der Waals surface area contributed by atoms with Gasteiger partial charge < -0.3 is 24.3 Å². The lowest BCUT2D eigenvalue weighted by molar-refractivity contribution is -0.109. The number of para-hydroxylation sites is 1. The van der Waals surface area contributed by atoms with E-state index in [1.165, 1.54) is 4.90 Å². The number of ether oxygens (including phenoxy) is 3. The molecule has 3 aromatic carbocycles. The summed E-state index contributed by atoms with van der Waals surface area (Å²) in [7, 11) is 3.17. The van der Waals surface area contributed by atoms with Crippen molar-refractivity contribution in [3.05, 3.63) is 95.7 Å². The standard InChI is InChI=1S/C27H26N2O5/c1-32-21-11-7-18(8-12-21)25-27(31,20-9-13-22(33-2)14-10-20)29(26(30)34-25)16-15-19-17-28-24-6-4-3-5-23(19)24/h3-14,17,25,28,31H,15-16H2,1-2H3/t25-,27+/m0/s1. The third-order valence-corrected chi connectivity index (χ3v) is 6.43. The number of nitrogens with one attached hydrogen (secondary N) is 1. The predicted molar refractivity (Wildman–Crippen MR) is 128 cm³/mol. The molecule has 1 aliphatic rings. The van der Waals surface area contributed by atoms with E-state index in [0.29, 0.717) is 29.0 Å². The van der Waals surface area contributed by atoms with Crippen LogP contribution in [-0.4, -0.2) is 41.8 Å². The molecule has 0 radical (unpaired) electrons. The van der Waals surface area contributed by atoms with Gasteiger partial charge in [-0.25, -0.2) is 4.79 Å². The van der Waals surface area contributed by atoms with E-state index in [1.807, 2.05) is 30.5 Å². The molecule has 174 valence electrons. The summed E-state index contributed by atoms with van der Waals surface area (Å²) < 4.78 is 16.3. The summed E-state index contributed by atoms with van der Waals surface area (Å²) in [4.78, 5) is 17.8. The average molecular weight is 459 g/mol. The van der Waals surface area contributed by atoms with E-state index in [1.54, 1.807) is 62.8 Å². The summed E-state index contributed by atoms with van der Waals surface area (Å²) in [5.41, 5.74) is 1.60. The Morgan fingerprint density at radius 2 is 1.62 bits per heavy atom. The Kier molecular flexibility index (Phi) is 5.63. The fraction of sp³-hybridized carbons (Fsp3) is 0.222. The molecule has 1 amide bonds. The van der Waals surface area contributed by atoms with Crippen molar-refractivity contribution in [2.45, 2.75) is 18.2 Å². The van der Waals surface area contributed by atoms with Crippen LogP contribution in [0.1, 0.15) is 22.8 Å². The zero-order valence-corrected chi connectivity index (χ0v) is 19.0. The second-order valence-corrected chi connectivity index (χ2v) is 8.25. The number of nitrogens with zero attached hydrogens (tertiary/aromatic N) is 1. The summed E-state index contributed by atoms with van der Waals surface area (Å²) in [5, 5.41) is 13.2. The smallest absolute Gasteiger partial charge is 0.413 e. The van der Waals surface area contributed by atoms with Crippen LogP contribution in [0.25, 0.3) is 10.9 Å². The number of aromatic nitrogens is 1. The van der Waals surface area contributed by atoms with Gasteiger partial charge in [0, 0.05) is 29.2 Å². The molecule has 1 fully saturated rings. The molecule has 0 spiro atoms. The summed E-state index contributed by atoms with van der Waals surface area (Å²) in [5.74, 6) is 1.33. The molecule has 2 atom stereocenters. The van der Waals surface area contributed by atoms with Crippen LogP contribution in [0.15, 0.2) is 79.0 Å². The van der Waals surface area contributed by atoms with Crippen molar-refractivity contribution in [1.29, 1.82) is 0 Å². The summed E-state index contributed by atoms with van der Waals surface area (Å²) >= 11 is 0. The molecule has 0 aliphatic carbocycles. The second kappa shape index (κ2) is 8.76. The SMILES string of the molecule is COc1ccc([C@@H]2OC(=O)N(CCc3c[nH]c4ccccc34)[C@@]2(O)c2ccc(OC)cc2)cc1. The lowest BCUT2D eigenvalue weighted by atomic mass is 9.91. The number of amides is 1. The number of benzene rings is 3. The number of H-pyrrole nitrogens is 1. The number of carbonyl (C=O) groups excluding carboxylic acids is 1. The highest BCUT2D eigenvalue weighted by molar-refractivity contribution is 5.83. The maximum atomic E-state index is 13.1. The average Bonchev–Trinajstić information content (AvgIpc) is 3.41. The maximum absolute atomic E-state index is 13.1. The fourth-order valence-corrected chi connectivity index (χ4v) is 4.58. The molecule has 34 heavy (non-hydrogen) atoms. The topological polar surface area (TPSA) is 84.0 Å². The normalized spacial score (nSPS) is 19.9. The number of methoxy groups -OCH3 is 2. The number of fused-ring (bicyclic) bond motifs is 1. The molecule has 4 aromatic rings. The molecule has 1 saturated heterocycles. The number of cyclic esters (lactones) is 1. The molecule has 2 N–H and O–H groups in total. The number of carbonyl (C=O) groups is 1. The minimum Gasteiger partial charge on any atom is -0.497 e. The van der Waals surface area contributed by atoms with Crippen molar-refractivity contribution in [1.82, 2.24) is 9.88 Å². The van der Waals surface area contributed by atoms with Gasteiger partial charge in [0.2, 0.25) is 5.72 Å². The van der Waals surface area contributed by atoms with E-state index in [0.717, 1.165) is 16.5 Å². The van der Waals surface area contributed by atoms with Crippen LogP contribution in [0.2, 0.25) is 0 Å². The van der Waals surface area contributed by atoms with Gasteiger partial charge in [0.05, 0.1) is 14.2 Å². The lowest BCUT2D eigenvalue weighted by Gasteiger charge is -2.35. The highest BCUT2D eigenvalue weighted by Crippen LogP contribution is 2.47. The van der Waals surface area contributed by atoms with Gasteiger partial charge in [-0.2, -0.15) is 0 Å². The van der Waals surface area contributed by atoms with Crippen molar-refractivity contribution in [3.8, 4) is 11.5 Å². The van der Waals surface area contributed by atoms with Crippen LogP contribution in [0.4, 0.5) is 4.79 Å². The van der Waals surface area contributed by atoms with Gasteiger partial charge in [0.15, 0.2) is 6.10 Å². The molecule has 5 rings (SSSR count). The number of hydrogen-bond acceptors (Lipinski definition) is 5. The van der Waals surface area contributed by atoms with E-state index in [4.69, 9.17) is 14.2 Å². The highest BCUT2D eigenvalue weighted by atomic mass is 16.6. The third kappa shape index (κ3) is 3.64. The molecule has 2 heterocycles. The van der Waals surface area contributed by atoms with Crippen molar-refractivity contribution >= 4 is 17.0 Å². The summed E-state index contributed by atoms with van der Waals surface area (Å²) in [6.45, 7) is 0.274. The van der Waals surface area contributed by atoms with Crippen molar-refractivity contribution in [2.24, 2.45) is 0 Å². The van der Waals surface area contributed by atoms with Gasteiger partial charge in [-0.05, 0) is 47.9 Å². The Labute approximate surface area is 197 Å². The van der Waals surface area contributed by atoms with Crippen molar-refractivity contribution < 1.29 is 24.1 Å². The lowest BCUT2D eigenvalue weighted by Crippen LogP contribution is -2.46. The molecular weight excluding hydrogens is 432 g/mol. The van der Waals surface area contributed by atoms with E-state index in [9.17, 15) is 9.90 Å². The van der Waals surface area contributed by atoms with Gasteiger partial charge in [0.25, 0.3) is 0 Å².